The number of hydrogen-bond acceptors (Lipinski definition) is 2. The second-order valence-corrected chi connectivity index (χ2v) is 4.58. The fourth-order valence-corrected chi connectivity index (χ4v) is 1.95. The van der Waals surface area contributed by atoms with E-state index in [-0.39, 0.29) is 5.91 Å². The Morgan fingerprint density at radius 1 is 1.05 bits per heavy atom. The summed E-state index contributed by atoms with van der Waals surface area (Å²) in [6, 6.07) is 19.1. The largest absolute Gasteiger partial charge is 0.326 e. The van der Waals surface area contributed by atoms with Gasteiger partial charge >= 0.3 is 0 Å². The summed E-state index contributed by atoms with van der Waals surface area (Å²) in [7, 11) is 0. The first-order chi connectivity index (χ1) is 9.78. The molecule has 2 rings (SSSR count). The molecule has 2 aromatic carbocycles. The number of carbonyl (C=O) groups is 1. The molecule has 0 aromatic heterocycles. The molecule has 3 nitrogen and oxygen atoms in total. The Morgan fingerprint density at radius 2 is 1.75 bits per heavy atom. The third-order valence-electron chi connectivity index (χ3n) is 3.01. The van der Waals surface area contributed by atoms with Crippen LogP contribution in [0, 0.1) is 11.3 Å². The Morgan fingerprint density at radius 3 is 2.40 bits per heavy atom. The third kappa shape index (κ3) is 4.25. The predicted octanol–water partition coefficient (Wildman–Crippen LogP) is 3.52. The van der Waals surface area contributed by atoms with Crippen molar-refractivity contribution in [1.29, 1.82) is 5.26 Å². The van der Waals surface area contributed by atoms with E-state index in [0.717, 1.165) is 18.5 Å². The van der Waals surface area contributed by atoms with E-state index >= 15 is 0 Å². The van der Waals surface area contributed by atoms with Gasteiger partial charge in [-0.15, -0.1) is 0 Å². The number of nitrogens with zero attached hydrogens (tertiary/aromatic N) is 1. The number of hydrogen-bond donors (Lipinski definition) is 1. The Kier molecular flexibility index (Phi) is 4.91. The lowest BCUT2D eigenvalue weighted by molar-refractivity contribution is -0.116. The van der Waals surface area contributed by atoms with E-state index in [1.807, 2.05) is 24.3 Å². The summed E-state index contributed by atoms with van der Waals surface area (Å²) < 4.78 is 0. The molecule has 0 saturated heterocycles. The van der Waals surface area contributed by atoms with Crippen LogP contribution >= 0.6 is 0 Å². The van der Waals surface area contributed by atoms with Gasteiger partial charge in [0.15, 0.2) is 0 Å². The summed E-state index contributed by atoms with van der Waals surface area (Å²) in [5.41, 5.74) is 2.57. The first-order valence-corrected chi connectivity index (χ1v) is 6.62. The van der Waals surface area contributed by atoms with Gasteiger partial charge in [0.1, 0.15) is 0 Å². The molecule has 1 N–H and O–H groups in total. The zero-order valence-corrected chi connectivity index (χ0v) is 11.2. The highest BCUT2D eigenvalue weighted by Crippen LogP contribution is 2.10. The first-order valence-electron chi connectivity index (χ1n) is 6.62. The van der Waals surface area contributed by atoms with Gasteiger partial charge in [-0.2, -0.15) is 5.26 Å². The molecule has 0 unspecified atom stereocenters. The van der Waals surface area contributed by atoms with Crippen molar-refractivity contribution in [3.8, 4) is 6.07 Å². The maximum atomic E-state index is 11.8. The number of amides is 1. The van der Waals surface area contributed by atoms with E-state index in [4.69, 9.17) is 5.26 Å². The molecule has 100 valence electrons. The van der Waals surface area contributed by atoms with Gasteiger partial charge in [0.2, 0.25) is 5.91 Å². The van der Waals surface area contributed by atoms with Crippen molar-refractivity contribution in [1.82, 2.24) is 0 Å². The molecule has 20 heavy (non-hydrogen) atoms. The minimum Gasteiger partial charge on any atom is -0.326 e. The monoisotopic (exact) mass is 264 g/mol. The van der Waals surface area contributed by atoms with Crippen LogP contribution in [0.2, 0.25) is 0 Å². The topological polar surface area (TPSA) is 52.9 Å². The molecule has 0 spiro atoms. The molecule has 0 aliphatic rings. The quantitative estimate of drug-likeness (QED) is 0.898. The highest BCUT2D eigenvalue weighted by molar-refractivity contribution is 5.90. The molecule has 1 amide bonds. The third-order valence-corrected chi connectivity index (χ3v) is 3.01. The average Bonchev–Trinajstić information content (AvgIpc) is 2.49. The van der Waals surface area contributed by atoms with E-state index < -0.39 is 0 Å². The number of nitriles is 1. The van der Waals surface area contributed by atoms with Crippen molar-refractivity contribution in [3.05, 3.63) is 65.7 Å². The molecule has 2 aromatic rings. The lowest BCUT2D eigenvalue weighted by Crippen LogP contribution is -2.11. The molecule has 0 aliphatic heterocycles. The van der Waals surface area contributed by atoms with Crippen LogP contribution in [-0.4, -0.2) is 5.91 Å². The van der Waals surface area contributed by atoms with Crippen molar-refractivity contribution in [2.24, 2.45) is 0 Å². The van der Waals surface area contributed by atoms with Crippen LogP contribution in [0.5, 0.6) is 0 Å². The molecule has 0 radical (unpaired) electrons. The molecule has 3 heteroatoms. The average molecular weight is 264 g/mol. The van der Waals surface area contributed by atoms with Gasteiger partial charge in [-0.3, -0.25) is 4.79 Å². The van der Waals surface area contributed by atoms with Crippen molar-refractivity contribution in [2.45, 2.75) is 19.3 Å². The first kappa shape index (κ1) is 13.8. The summed E-state index contributed by atoms with van der Waals surface area (Å²) in [5.74, 6) is 0.00522. The van der Waals surface area contributed by atoms with Gasteiger partial charge in [-0.25, -0.2) is 0 Å². The van der Waals surface area contributed by atoms with Gasteiger partial charge in [-0.1, -0.05) is 30.3 Å². The van der Waals surface area contributed by atoms with E-state index in [1.165, 1.54) is 5.56 Å². The minimum absolute atomic E-state index is 0.00522. The fraction of sp³-hybridized carbons (Fsp3) is 0.176. The lowest BCUT2D eigenvalue weighted by atomic mass is 10.1. The summed E-state index contributed by atoms with van der Waals surface area (Å²) in [4.78, 5) is 11.8. The van der Waals surface area contributed by atoms with Crippen LogP contribution in [0.25, 0.3) is 0 Å². The SMILES string of the molecule is N#Cc1ccc(NC(=O)CCCc2ccccc2)cc1. The molecule has 0 fully saturated rings. The number of rotatable bonds is 5. The number of anilines is 1. The van der Waals surface area contributed by atoms with Crippen molar-refractivity contribution >= 4 is 11.6 Å². The molecule has 0 aliphatic carbocycles. The number of nitrogens with one attached hydrogen (secondary N) is 1. The fourth-order valence-electron chi connectivity index (χ4n) is 1.95. The van der Waals surface area contributed by atoms with Gasteiger partial charge in [0.05, 0.1) is 11.6 Å². The highest BCUT2D eigenvalue weighted by atomic mass is 16.1. The van der Waals surface area contributed by atoms with E-state index in [9.17, 15) is 4.79 Å². The van der Waals surface area contributed by atoms with Crippen molar-refractivity contribution in [2.75, 3.05) is 5.32 Å². The standard InChI is InChI=1S/C17H16N2O/c18-13-15-9-11-16(12-10-15)19-17(20)8-4-7-14-5-2-1-3-6-14/h1-3,5-6,9-12H,4,7-8H2,(H,19,20). The second-order valence-electron chi connectivity index (χ2n) is 4.58. The van der Waals surface area contributed by atoms with Gasteiger partial charge < -0.3 is 5.32 Å². The lowest BCUT2D eigenvalue weighted by Gasteiger charge is -2.05. The minimum atomic E-state index is 0.00522. The van der Waals surface area contributed by atoms with Crippen LogP contribution in [-0.2, 0) is 11.2 Å². The van der Waals surface area contributed by atoms with E-state index in [0.29, 0.717) is 12.0 Å². The normalized spacial score (nSPS) is 9.75. The van der Waals surface area contributed by atoms with E-state index in [1.54, 1.807) is 24.3 Å². The van der Waals surface area contributed by atoms with Crippen LogP contribution in [0.3, 0.4) is 0 Å². The molecule has 0 saturated carbocycles. The predicted molar refractivity (Wildman–Crippen MR) is 79.2 cm³/mol. The van der Waals surface area contributed by atoms with Crippen LogP contribution < -0.4 is 5.32 Å². The Labute approximate surface area is 118 Å². The number of carbonyl (C=O) groups excluding carboxylic acids is 1. The zero-order valence-electron chi connectivity index (χ0n) is 11.2. The molecule has 0 atom stereocenters. The smallest absolute Gasteiger partial charge is 0.224 e. The summed E-state index contributed by atoms with van der Waals surface area (Å²) in [5, 5.41) is 11.5. The summed E-state index contributed by atoms with van der Waals surface area (Å²) in [6.45, 7) is 0. The van der Waals surface area contributed by atoms with Crippen LogP contribution in [0.4, 0.5) is 5.69 Å². The number of aryl methyl sites for hydroxylation is 1. The molecule has 0 bridgehead atoms. The summed E-state index contributed by atoms with van der Waals surface area (Å²) in [6.07, 6.45) is 2.22. The maximum Gasteiger partial charge on any atom is 0.224 e. The Balaban J connectivity index is 1.76. The van der Waals surface area contributed by atoms with Gasteiger partial charge in [-0.05, 0) is 42.7 Å². The van der Waals surface area contributed by atoms with Crippen molar-refractivity contribution < 1.29 is 4.79 Å². The van der Waals surface area contributed by atoms with Gasteiger partial charge in [0, 0.05) is 12.1 Å². The molecular weight excluding hydrogens is 248 g/mol. The van der Waals surface area contributed by atoms with Crippen molar-refractivity contribution in [3.63, 3.8) is 0 Å². The number of benzene rings is 2. The van der Waals surface area contributed by atoms with Gasteiger partial charge in [0.25, 0.3) is 0 Å². The van der Waals surface area contributed by atoms with Crippen LogP contribution in [0.15, 0.2) is 54.6 Å². The maximum absolute atomic E-state index is 11.8. The summed E-state index contributed by atoms with van der Waals surface area (Å²) >= 11 is 0. The Hall–Kier alpha value is -2.60. The second kappa shape index (κ2) is 7.10. The Bertz CT molecular complexity index is 597. The van der Waals surface area contributed by atoms with Crippen LogP contribution in [0.1, 0.15) is 24.0 Å². The zero-order chi connectivity index (χ0) is 14.2. The van der Waals surface area contributed by atoms with E-state index in [2.05, 4.69) is 17.4 Å². The molecule has 0 heterocycles. The highest BCUT2D eigenvalue weighted by Gasteiger charge is 2.02. The molecular formula is C17H16N2O.